The van der Waals surface area contributed by atoms with Crippen molar-refractivity contribution in [2.24, 2.45) is 0 Å². The summed E-state index contributed by atoms with van der Waals surface area (Å²) >= 11 is 0. The van der Waals surface area contributed by atoms with E-state index >= 15 is 0 Å². The lowest BCUT2D eigenvalue weighted by molar-refractivity contribution is -0.125. The van der Waals surface area contributed by atoms with Crippen LogP contribution >= 0.6 is 0 Å². The van der Waals surface area contributed by atoms with Gasteiger partial charge in [0.05, 0.1) is 5.69 Å². The van der Waals surface area contributed by atoms with E-state index in [0.717, 1.165) is 5.56 Å². The van der Waals surface area contributed by atoms with Crippen LogP contribution in [0.3, 0.4) is 0 Å². The van der Waals surface area contributed by atoms with Gasteiger partial charge in [-0.2, -0.15) is 0 Å². The topological polar surface area (TPSA) is 58.6 Å². The van der Waals surface area contributed by atoms with E-state index in [-0.39, 0.29) is 11.8 Å². The lowest BCUT2D eigenvalue weighted by Crippen LogP contribution is -2.41. The standard InChI is InChI=1S/C20H22N2O3/c1-13-4-6-15(7-5-13)8-11-19(23)21-16-9-10-17-18(12-16)25-14(2)20(24)22(17)3/h4-7,9-10,12,14H,8,11H2,1-3H3,(H,21,23). The first-order valence-electron chi connectivity index (χ1n) is 8.38. The highest BCUT2D eigenvalue weighted by Crippen LogP contribution is 2.35. The zero-order chi connectivity index (χ0) is 18.0. The minimum atomic E-state index is -0.523. The average molecular weight is 338 g/mol. The third-order valence-electron chi connectivity index (χ3n) is 4.35. The molecule has 0 saturated carbocycles. The van der Waals surface area contributed by atoms with Gasteiger partial charge < -0.3 is 15.0 Å². The van der Waals surface area contributed by atoms with E-state index in [9.17, 15) is 9.59 Å². The average Bonchev–Trinajstić information content (AvgIpc) is 2.59. The summed E-state index contributed by atoms with van der Waals surface area (Å²) in [6, 6.07) is 13.5. The molecule has 1 N–H and O–H groups in total. The first-order chi connectivity index (χ1) is 11.9. The van der Waals surface area contributed by atoms with Crippen molar-refractivity contribution in [2.45, 2.75) is 32.8 Å². The molecule has 0 aliphatic carbocycles. The summed E-state index contributed by atoms with van der Waals surface area (Å²) in [7, 11) is 1.72. The number of nitrogens with one attached hydrogen (secondary N) is 1. The quantitative estimate of drug-likeness (QED) is 0.930. The monoisotopic (exact) mass is 338 g/mol. The Bertz CT molecular complexity index is 799. The minimum absolute atomic E-state index is 0.0474. The summed E-state index contributed by atoms with van der Waals surface area (Å²) in [5, 5.41) is 2.89. The molecule has 1 aliphatic rings. The van der Waals surface area contributed by atoms with E-state index in [0.29, 0.717) is 30.0 Å². The van der Waals surface area contributed by atoms with E-state index < -0.39 is 6.10 Å². The van der Waals surface area contributed by atoms with Crippen LogP contribution in [0.1, 0.15) is 24.5 Å². The maximum Gasteiger partial charge on any atom is 0.267 e. The zero-order valence-electron chi connectivity index (χ0n) is 14.7. The van der Waals surface area contributed by atoms with Crippen molar-refractivity contribution in [3.05, 3.63) is 53.6 Å². The Morgan fingerprint density at radius 1 is 1.20 bits per heavy atom. The van der Waals surface area contributed by atoms with Crippen LogP contribution in [0.25, 0.3) is 0 Å². The molecule has 0 saturated heterocycles. The van der Waals surface area contributed by atoms with E-state index in [1.54, 1.807) is 37.1 Å². The lowest BCUT2D eigenvalue weighted by atomic mass is 10.1. The fourth-order valence-corrected chi connectivity index (χ4v) is 2.83. The molecule has 1 heterocycles. The fourth-order valence-electron chi connectivity index (χ4n) is 2.83. The number of hydrogen-bond donors (Lipinski definition) is 1. The van der Waals surface area contributed by atoms with E-state index in [1.807, 2.05) is 31.2 Å². The Morgan fingerprint density at radius 3 is 2.64 bits per heavy atom. The Morgan fingerprint density at radius 2 is 1.92 bits per heavy atom. The molecule has 1 unspecified atom stereocenters. The van der Waals surface area contributed by atoms with Gasteiger partial charge in [-0.05, 0) is 38.0 Å². The van der Waals surface area contributed by atoms with E-state index in [1.165, 1.54) is 5.56 Å². The van der Waals surface area contributed by atoms with Crippen LogP contribution in [-0.4, -0.2) is 25.0 Å². The number of hydrogen-bond acceptors (Lipinski definition) is 3. The zero-order valence-corrected chi connectivity index (χ0v) is 14.7. The second-order valence-corrected chi connectivity index (χ2v) is 6.37. The molecule has 2 amide bonds. The number of rotatable bonds is 4. The molecule has 0 bridgehead atoms. The summed E-state index contributed by atoms with van der Waals surface area (Å²) in [4.78, 5) is 25.7. The van der Waals surface area contributed by atoms with Gasteiger partial charge in [0.2, 0.25) is 5.91 Å². The van der Waals surface area contributed by atoms with Gasteiger partial charge in [-0.3, -0.25) is 9.59 Å². The maximum absolute atomic E-state index is 12.2. The van der Waals surface area contributed by atoms with Gasteiger partial charge in [-0.1, -0.05) is 29.8 Å². The summed E-state index contributed by atoms with van der Waals surface area (Å²) in [5.41, 5.74) is 3.73. The van der Waals surface area contributed by atoms with Gasteiger partial charge in [0.15, 0.2) is 6.10 Å². The SMILES string of the molecule is Cc1ccc(CCC(=O)Nc2ccc3c(c2)OC(C)C(=O)N3C)cc1. The van der Waals surface area contributed by atoms with Gasteiger partial charge in [-0.15, -0.1) is 0 Å². The third-order valence-corrected chi connectivity index (χ3v) is 4.35. The first kappa shape index (κ1) is 17.0. The van der Waals surface area contributed by atoms with Crippen LogP contribution in [0, 0.1) is 6.92 Å². The van der Waals surface area contributed by atoms with Crippen molar-refractivity contribution in [2.75, 3.05) is 17.3 Å². The number of likely N-dealkylation sites (N-methyl/N-ethyl adjacent to an activating group) is 1. The van der Waals surface area contributed by atoms with Crippen LogP contribution in [0.15, 0.2) is 42.5 Å². The molecule has 0 radical (unpaired) electrons. The summed E-state index contributed by atoms with van der Waals surface area (Å²) in [6.45, 7) is 3.76. The smallest absolute Gasteiger partial charge is 0.267 e. The molecule has 0 spiro atoms. The van der Waals surface area contributed by atoms with Crippen LogP contribution < -0.4 is 15.0 Å². The number of carbonyl (C=O) groups is 2. The maximum atomic E-state index is 12.2. The Balaban J connectivity index is 1.63. The number of fused-ring (bicyclic) bond motifs is 1. The Hall–Kier alpha value is -2.82. The number of nitrogens with zero attached hydrogens (tertiary/aromatic N) is 1. The van der Waals surface area contributed by atoms with E-state index in [4.69, 9.17) is 4.74 Å². The van der Waals surface area contributed by atoms with Crippen molar-refractivity contribution in [1.82, 2.24) is 0 Å². The number of benzene rings is 2. The van der Waals surface area contributed by atoms with Gasteiger partial charge >= 0.3 is 0 Å². The molecule has 5 nitrogen and oxygen atoms in total. The summed E-state index contributed by atoms with van der Waals surface area (Å²) in [6.07, 6.45) is 0.586. The molecule has 0 fully saturated rings. The van der Waals surface area contributed by atoms with Crippen LogP contribution in [-0.2, 0) is 16.0 Å². The number of amides is 2. The normalized spacial score (nSPS) is 16.2. The molecule has 130 valence electrons. The van der Waals surface area contributed by atoms with Crippen molar-refractivity contribution in [3.8, 4) is 5.75 Å². The molecule has 1 aliphatic heterocycles. The van der Waals surface area contributed by atoms with Gasteiger partial charge in [0, 0.05) is 25.2 Å². The number of ether oxygens (including phenoxy) is 1. The second kappa shape index (κ2) is 6.97. The predicted molar refractivity (Wildman–Crippen MR) is 98.1 cm³/mol. The van der Waals surface area contributed by atoms with Crippen molar-refractivity contribution < 1.29 is 14.3 Å². The Labute approximate surface area is 147 Å². The molecule has 0 aromatic heterocycles. The molecular formula is C20H22N2O3. The summed E-state index contributed by atoms with van der Waals surface area (Å²) in [5.74, 6) is 0.474. The molecule has 2 aromatic carbocycles. The minimum Gasteiger partial charge on any atom is -0.479 e. The van der Waals surface area contributed by atoms with Gasteiger partial charge in [0.25, 0.3) is 5.91 Å². The van der Waals surface area contributed by atoms with Crippen LogP contribution in [0.5, 0.6) is 5.75 Å². The number of carbonyl (C=O) groups excluding carboxylic acids is 2. The largest absolute Gasteiger partial charge is 0.479 e. The third kappa shape index (κ3) is 3.82. The highest BCUT2D eigenvalue weighted by molar-refractivity contribution is 6.00. The van der Waals surface area contributed by atoms with Gasteiger partial charge in [0.1, 0.15) is 5.75 Å². The molecule has 2 aromatic rings. The Kier molecular flexibility index (Phi) is 4.74. The van der Waals surface area contributed by atoms with Crippen molar-refractivity contribution in [1.29, 1.82) is 0 Å². The van der Waals surface area contributed by atoms with Crippen LogP contribution in [0.2, 0.25) is 0 Å². The lowest BCUT2D eigenvalue weighted by Gasteiger charge is -2.30. The molecule has 25 heavy (non-hydrogen) atoms. The molecular weight excluding hydrogens is 316 g/mol. The van der Waals surface area contributed by atoms with E-state index in [2.05, 4.69) is 5.32 Å². The number of anilines is 2. The highest BCUT2D eigenvalue weighted by atomic mass is 16.5. The predicted octanol–water partition coefficient (Wildman–Crippen LogP) is 3.31. The van der Waals surface area contributed by atoms with Crippen LogP contribution in [0.4, 0.5) is 11.4 Å². The highest BCUT2D eigenvalue weighted by Gasteiger charge is 2.28. The number of aryl methyl sites for hydroxylation is 2. The van der Waals surface area contributed by atoms with Crippen molar-refractivity contribution >= 4 is 23.2 Å². The second-order valence-electron chi connectivity index (χ2n) is 6.37. The van der Waals surface area contributed by atoms with Gasteiger partial charge in [-0.25, -0.2) is 0 Å². The van der Waals surface area contributed by atoms with Crippen molar-refractivity contribution in [3.63, 3.8) is 0 Å². The molecule has 5 heteroatoms. The fraction of sp³-hybridized carbons (Fsp3) is 0.300. The first-order valence-corrected chi connectivity index (χ1v) is 8.38. The summed E-state index contributed by atoms with van der Waals surface area (Å²) < 4.78 is 5.63. The molecule has 3 rings (SSSR count). The molecule has 1 atom stereocenters.